The number of aromatic nitrogens is 3. The minimum absolute atomic E-state index is 0. The summed E-state index contributed by atoms with van der Waals surface area (Å²) in [4.78, 5) is 11.2. The van der Waals surface area contributed by atoms with E-state index in [1.807, 2.05) is 11.7 Å². The van der Waals surface area contributed by atoms with Gasteiger partial charge in [0.05, 0.1) is 6.54 Å². The molecule has 0 radical (unpaired) electrons. The fourth-order valence-electron chi connectivity index (χ4n) is 3.59. The van der Waals surface area contributed by atoms with Gasteiger partial charge in [-0.3, -0.25) is 4.99 Å². The summed E-state index contributed by atoms with van der Waals surface area (Å²) in [6, 6.07) is 11.3. The zero-order valence-electron chi connectivity index (χ0n) is 18.3. The SMILES string of the molecule is CN=C(NCC(Cc1ccccc1)N(C)C)NC1CCc2nc(COC)nn2C1.I. The Balaban J connectivity index is 0.00000320. The highest BCUT2D eigenvalue weighted by Gasteiger charge is 2.22. The lowest BCUT2D eigenvalue weighted by atomic mass is 10.1. The third kappa shape index (κ3) is 6.92. The van der Waals surface area contributed by atoms with E-state index >= 15 is 0 Å². The molecule has 2 heterocycles. The van der Waals surface area contributed by atoms with Crippen LogP contribution in [0, 0.1) is 0 Å². The molecule has 30 heavy (non-hydrogen) atoms. The normalized spacial score (nSPS) is 17.2. The third-order valence-corrected chi connectivity index (χ3v) is 5.29. The molecule has 2 unspecified atom stereocenters. The van der Waals surface area contributed by atoms with Crippen molar-refractivity contribution in [1.29, 1.82) is 0 Å². The first-order valence-electron chi connectivity index (χ1n) is 10.2. The van der Waals surface area contributed by atoms with Crippen molar-refractivity contribution in [3.8, 4) is 0 Å². The Hall–Kier alpha value is -1.72. The Morgan fingerprint density at radius 2 is 2.10 bits per heavy atom. The van der Waals surface area contributed by atoms with Crippen LogP contribution >= 0.6 is 24.0 Å². The maximum Gasteiger partial charge on any atom is 0.191 e. The van der Waals surface area contributed by atoms with E-state index in [1.165, 1.54) is 5.56 Å². The molecule has 8 nitrogen and oxygen atoms in total. The van der Waals surface area contributed by atoms with Crippen LogP contribution in [0.5, 0.6) is 0 Å². The lowest BCUT2D eigenvalue weighted by molar-refractivity contribution is 0.177. The second-order valence-electron chi connectivity index (χ2n) is 7.70. The van der Waals surface area contributed by atoms with E-state index in [9.17, 15) is 0 Å². The van der Waals surface area contributed by atoms with Crippen molar-refractivity contribution in [3.63, 3.8) is 0 Å². The van der Waals surface area contributed by atoms with Gasteiger partial charge in [-0.15, -0.1) is 24.0 Å². The average Bonchev–Trinajstić information content (AvgIpc) is 3.12. The van der Waals surface area contributed by atoms with E-state index in [0.717, 1.165) is 50.0 Å². The molecule has 1 aromatic heterocycles. The number of benzene rings is 1. The molecular weight excluding hydrogens is 493 g/mol. The predicted octanol–water partition coefficient (Wildman–Crippen LogP) is 1.70. The topological polar surface area (TPSA) is 79.6 Å². The van der Waals surface area contributed by atoms with E-state index < -0.39 is 0 Å². The Kier molecular flexibility index (Phi) is 9.99. The van der Waals surface area contributed by atoms with Crippen molar-refractivity contribution in [2.24, 2.45) is 4.99 Å². The molecule has 0 amide bonds. The van der Waals surface area contributed by atoms with E-state index in [1.54, 1.807) is 7.11 Å². The van der Waals surface area contributed by atoms with Crippen LogP contribution in [-0.4, -0.2) is 72.5 Å². The van der Waals surface area contributed by atoms with Crippen LogP contribution in [0.15, 0.2) is 35.3 Å². The van der Waals surface area contributed by atoms with Gasteiger partial charge in [0, 0.05) is 39.2 Å². The second-order valence-corrected chi connectivity index (χ2v) is 7.70. The first kappa shape index (κ1) is 24.5. The van der Waals surface area contributed by atoms with Gasteiger partial charge < -0.3 is 20.3 Å². The minimum Gasteiger partial charge on any atom is -0.377 e. The van der Waals surface area contributed by atoms with E-state index in [2.05, 4.69) is 75.0 Å². The van der Waals surface area contributed by atoms with Crippen molar-refractivity contribution in [2.45, 2.75) is 44.5 Å². The fraction of sp³-hybridized carbons (Fsp3) is 0.571. The largest absolute Gasteiger partial charge is 0.377 e. The second kappa shape index (κ2) is 12.2. The number of rotatable bonds is 8. The summed E-state index contributed by atoms with van der Waals surface area (Å²) in [5.41, 5.74) is 1.34. The predicted molar refractivity (Wildman–Crippen MR) is 130 cm³/mol. The number of ether oxygens (including phenoxy) is 1. The number of fused-ring (bicyclic) bond motifs is 1. The molecule has 0 spiro atoms. The van der Waals surface area contributed by atoms with Gasteiger partial charge in [0.25, 0.3) is 0 Å². The van der Waals surface area contributed by atoms with Crippen molar-refractivity contribution < 1.29 is 4.74 Å². The molecule has 1 aliphatic rings. The summed E-state index contributed by atoms with van der Waals surface area (Å²) < 4.78 is 7.13. The monoisotopic (exact) mass is 527 g/mol. The van der Waals surface area contributed by atoms with Crippen LogP contribution < -0.4 is 10.6 Å². The van der Waals surface area contributed by atoms with Gasteiger partial charge >= 0.3 is 0 Å². The number of methoxy groups -OCH3 is 1. The molecule has 2 aromatic rings. The standard InChI is InChI=1S/C21H33N7O.HI/c1-22-21(23-13-18(27(2)3)12-16-8-6-5-7-9-16)24-17-10-11-20-25-19(15-29-4)26-28(20)14-17;/h5-9,17-18H,10-15H2,1-4H3,(H2,22,23,24);1H. The van der Waals surface area contributed by atoms with Crippen molar-refractivity contribution >= 4 is 29.9 Å². The maximum absolute atomic E-state index is 5.14. The highest BCUT2D eigenvalue weighted by molar-refractivity contribution is 14.0. The number of guanidine groups is 1. The Morgan fingerprint density at radius 1 is 1.33 bits per heavy atom. The van der Waals surface area contributed by atoms with Crippen LogP contribution in [0.3, 0.4) is 0 Å². The van der Waals surface area contributed by atoms with Crippen LogP contribution in [-0.2, 0) is 30.7 Å². The summed E-state index contributed by atoms with van der Waals surface area (Å²) in [7, 11) is 7.73. The molecule has 0 fully saturated rings. The smallest absolute Gasteiger partial charge is 0.191 e. The number of hydrogen-bond donors (Lipinski definition) is 2. The number of hydrogen-bond acceptors (Lipinski definition) is 5. The molecular formula is C21H34IN7O. The highest BCUT2D eigenvalue weighted by atomic mass is 127. The third-order valence-electron chi connectivity index (χ3n) is 5.29. The molecule has 166 valence electrons. The van der Waals surface area contributed by atoms with E-state index in [0.29, 0.717) is 12.6 Å². The van der Waals surface area contributed by atoms with Gasteiger partial charge in [0.2, 0.25) is 0 Å². The van der Waals surface area contributed by atoms with Gasteiger partial charge in [-0.05, 0) is 32.5 Å². The number of aliphatic imine (C=N–C) groups is 1. The van der Waals surface area contributed by atoms with E-state index in [4.69, 9.17) is 4.74 Å². The van der Waals surface area contributed by atoms with Crippen molar-refractivity contribution in [1.82, 2.24) is 30.3 Å². The molecule has 2 N–H and O–H groups in total. The summed E-state index contributed by atoms with van der Waals surface area (Å²) in [6.07, 6.45) is 2.90. The fourth-order valence-corrected chi connectivity index (χ4v) is 3.59. The summed E-state index contributed by atoms with van der Waals surface area (Å²) in [5.74, 6) is 2.62. The lowest BCUT2D eigenvalue weighted by Gasteiger charge is -2.28. The molecule has 0 aliphatic carbocycles. The number of likely N-dealkylation sites (N-methyl/N-ethyl adjacent to an activating group) is 1. The number of nitrogens with zero attached hydrogens (tertiary/aromatic N) is 5. The molecule has 0 saturated carbocycles. The molecule has 0 bridgehead atoms. The van der Waals surface area contributed by atoms with Crippen LogP contribution in [0.4, 0.5) is 0 Å². The van der Waals surface area contributed by atoms with E-state index in [-0.39, 0.29) is 30.0 Å². The van der Waals surface area contributed by atoms with Crippen LogP contribution in [0.25, 0.3) is 0 Å². The Bertz CT molecular complexity index is 794. The number of halogens is 1. The van der Waals surface area contributed by atoms with Crippen molar-refractivity contribution in [3.05, 3.63) is 47.5 Å². The summed E-state index contributed by atoms with van der Waals surface area (Å²) in [6.45, 7) is 2.06. The summed E-state index contributed by atoms with van der Waals surface area (Å²) in [5, 5.41) is 11.6. The quantitative estimate of drug-likeness (QED) is 0.309. The molecule has 3 rings (SSSR count). The van der Waals surface area contributed by atoms with Gasteiger partial charge in [0.1, 0.15) is 12.4 Å². The molecule has 0 saturated heterocycles. The zero-order chi connectivity index (χ0) is 20.6. The van der Waals surface area contributed by atoms with Gasteiger partial charge in [0.15, 0.2) is 11.8 Å². The Labute approximate surface area is 196 Å². The maximum atomic E-state index is 5.14. The first-order valence-corrected chi connectivity index (χ1v) is 10.2. The van der Waals surface area contributed by atoms with Gasteiger partial charge in [-0.2, -0.15) is 5.10 Å². The highest BCUT2D eigenvalue weighted by Crippen LogP contribution is 2.13. The van der Waals surface area contributed by atoms with Gasteiger partial charge in [-0.1, -0.05) is 30.3 Å². The van der Waals surface area contributed by atoms with Crippen LogP contribution in [0.1, 0.15) is 23.6 Å². The summed E-state index contributed by atoms with van der Waals surface area (Å²) >= 11 is 0. The molecule has 1 aliphatic heterocycles. The zero-order valence-corrected chi connectivity index (χ0v) is 20.7. The van der Waals surface area contributed by atoms with Crippen molar-refractivity contribution in [2.75, 3.05) is 34.8 Å². The average molecular weight is 527 g/mol. The molecule has 9 heteroatoms. The minimum atomic E-state index is 0. The lowest BCUT2D eigenvalue weighted by Crippen LogP contribution is -2.50. The number of aryl methyl sites for hydroxylation is 1. The number of nitrogens with one attached hydrogen (secondary N) is 2. The van der Waals surface area contributed by atoms with Gasteiger partial charge in [-0.25, -0.2) is 9.67 Å². The molecule has 1 aromatic carbocycles. The van der Waals surface area contributed by atoms with Crippen LogP contribution in [0.2, 0.25) is 0 Å². The first-order chi connectivity index (χ1) is 14.1. The molecule has 2 atom stereocenters. The Morgan fingerprint density at radius 3 is 2.77 bits per heavy atom.